The number of benzene rings is 1. The Hall–Kier alpha value is -1.36. The van der Waals surface area contributed by atoms with E-state index in [4.69, 9.17) is 9.47 Å². The van der Waals surface area contributed by atoms with Crippen molar-refractivity contribution >= 4 is 0 Å². The van der Waals surface area contributed by atoms with E-state index in [0.29, 0.717) is 5.75 Å². The van der Waals surface area contributed by atoms with Gasteiger partial charge in [0.15, 0.2) is 0 Å². The van der Waals surface area contributed by atoms with Crippen LogP contribution in [0.5, 0.6) is 11.5 Å². The molecular formula is C14H19F2NO2. The summed E-state index contributed by atoms with van der Waals surface area (Å²) in [6.45, 7) is 1.85. The molecule has 1 aromatic carbocycles. The second-order valence-corrected chi connectivity index (χ2v) is 4.68. The van der Waals surface area contributed by atoms with Crippen LogP contribution >= 0.6 is 0 Å². The highest BCUT2D eigenvalue weighted by Crippen LogP contribution is 2.39. The lowest BCUT2D eigenvalue weighted by molar-refractivity contribution is 0.146. The fourth-order valence-electron chi connectivity index (χ4n) is 2.55. The van der Waals surface area contributed by atoms with Crippen LogP contribution in [0.25, 0.3) is 0 Å². The molecule has 1 aromatic rings. The number of ether oxygens (including phenoxy) is 2. The average molecular weight is 271 g/mol. The van der Waals surface area contributed by atoms with Gasteiger partial charge in [0.05, 0.1) is 19.8 Å². The van der Waals surface area contributed by atoms with Crippen LogP contribution in [-0.4, -0.2) is 27.3 Å². The maximum absolute atomic E-state index is 13.0. The monoisotopic (exact) mass is 271 g/mol. The van der Waals surface area contributed by atoms with E-state index in [9.17, 15) is 8.78 Å². The predicted molar refractivity (Wildman–Crippen MR) is 69.3 cm³/mol. The second-order valence-electron chi connectivity index (χ2n) is 4.68. The van der Waals surface area contributed by atoms with Gasteiger partial charge in [-0.3, -0.25) is 0 Å². The molecule has 1 fully saturated rings. The van der Waals surface area contributed by atoms with Gasteiger partial charge in [0.1, 0.15) is 11.5 Å². The maximum Gasteiger partial charge on any atom is 0.267 e. The van der Waals surface area contributed by atoms with Crippen LogP contribution in [0.4, 0.5) is 8.78 Å². The molecule has 0 aromatic heterocycles. The minimum atomic E-state index is -2.57. The number of nitrogens with one attached hydrogen (secondary N) is 1. The summed E-state index contributed by atoms with van der Waals surface area (Å²) in [4.78, 5) is 0. The number of hydrogen-bond donors (Lipinski definition) is 1. The Morgan fingerprint density at radius 3 is 2.47 bits per heavy atom. The summed E-state index contributed by atoms with van der Waals surface area (Å²) in [7, 11) is 2.92. The Bertz CT molecular complexity index is 432. The minimum absolute atomic E-state index is 0.119. The Morgan fingerprint density at radius 2 is 1.95 bits per heavy atom. The van der Waals surface area contributed by atoms with Gasteiger partial charge in [0.25, 0.3) is 6.43 Å². The molecule has 1 aliphatic rings. The molecule has 0 spiro atoms. The molecule has 0 radical (unpaired) electrons. The van der Waals surface area contributed by atoms with Crippen molar-refractivity contribution in [3.8, 4) is 11.5 Å². The lowest BCUT2D eigenvalue weighted by Gasteiger charge is -2.25. The van der Waals surface area contributed by atoms with Gasteiger partial charge < -0.3 is 14.8 Å². The summed E-state index contributed by atoms with van der Waals surface area (Å²) in [5, 5.41) is 3.31. The molecule has 0 amide bonds. The molecule has 1 heterocycles. The molecule has 1 aliphatic heterocycles. The molecule has 1 saturated heterocycles. The standard InChI is InChI=1S/C14H19F2NO2/c1-18-12-7-11(14(15)16)13(19-2)6-10(12)9-4-3-5-17-8-9/h6-7,9,14,17H,3-5,8H2,1-2H3. The summed E-state index contributed by atoms with van der Waals surface area (Å²) in [5.74, 6) is 1.03. The first-order valence-corrected chi connectivity index (χ1v) is 6.42. The quantitative estimate of drug-likeness (QED) is 0.912. The molecule has 0 saturated carbocycles. The van der Waals surface area contributed by atoms with Crippen LogP contribution in [-0.2, 0) is 0 Å². The molecule has 106 valence electrons. The van der Waals surface area contributed by atoms with Crippen LogP contribution in [0.1, 0.15) is 36.3 Å². The summed E-state index contributed by atoms with van der Waals surface area (Å²) in [5.41, 5.74) is 0.822. The van der Waals surface area contributed by atoms with Gasteiger partial charge in [-0.2, -0.15) is 0 Å². The van der Waals surface area contributed by atoms with Crippen LogP contribution in [0.2, 0.25) is 0 Å². The van der Waals surface area contributed by atoms with Gasteiger partial charge >= 0.3 is 0 Å². The molecule has 0 aliphatic carbocycles. The first-order valence-electron chi connectivity index (χ1n) is 6.42. The molecule has 2 rings (SSSR count). The van der Waals surface area contributed by atoms with Crippen molar-refractivity contribution in [2.45, 2.75) is 25.2 Å². The van der Waals surface area contributed by atoms with Crippen molar-refractivity contribution in [2.75, 3.05) is 27.3 Å². The van der Waals surface area contributed by atoms with E-state index < -0.39 is 6.43 Å². The molecule has 19 heavy (non-hydrogen) atoms. The van der Waals surface area contributed by atoms with E-state index in [-0.39, 0.29) is 17.2 Å². The topological polar surface area (TPSA) is 30.5 Å². The van der Waals surface area contributed by atoms with Gasteiger partial charge in [-0.1, -0.05) is 0 Å². The molecule has 0 bridgehead atoms. The number of hydrogen-bond acceptors (Lipinski definition) is 3. The van der Waals surface area contributed by atoms with Crippen molar-refractivity contribution in [1.82, 2.24) is 5.32 Å². The minimum Gasteiger partial charge on any atom is -0.496 e. The van der Waals surface area contributed by atoms with E-state index in [1.165, 1.54) is 20.3 Å². The zero-order valence-electron chi connectivity index (χ0n) is 11.2. The van der Waals surface area contributed by atoms with E-state index >= 15 is 0 Å². The van der Waals surface area contributed by atoms with Crippen LogP contribution in [0.15, 0.2) is 12.1 Å². The SMILES string of the molecule is COc1cc(C2CCCNC2)c(OC)cc1C(F)F. The first kappa shape index (κ1) is 14.1. The second kappa shape index (κ2) is 6.19. The third kappa shape index (κ3) is 2.97. The van der Waals surface area contributed by atoms with Crippen molar-refractivity contribution in [3.05, 3.63) is 23.3 Å². The average Bonchev–Trinajstić information content (AvgIpc) is 2.46. The highest BCUT2D eigenvalue weighted by atomic mass is 19.3. The van der Waals surface area contributed by atoms with Gasteiger partial charge in [0.2, 0.25) is 0 Å². The van der Waals surface area contributed by atoms with Crippen LogP contribution in [0, 0.1) is 0 Å². The van der Waals surface area contributed by atoms with Crippen LogP contribution in [0.3, 0.4) is 0 Å². The zero-order valence-corrected chi connectivity index (χ0v) is 11.2. The normalized spacial score (nSPS) is 19.5. The maximum atomic E-state index is 13.0. The lowest BCUT2D eigenvalue weighted by atomic mass is 9.90. The Morgan fingerprint density at radius 1 is 1.21 bits per heavy atom. The summed E-state index contributed by atoms with van der Waals surface area (Å²) >= 11 is 0. The molecule has 1 unspecified atom stereocenters. The number of rotatable bonds is 4. The highest BCUT2D eigenvalue weighted by Gasteiger charge is 2.23. The van der Waals surface area contributed by atoms with Crippen molar-refractivity contribution in [1.29, 1.82) is 0 Å². The number of halogens is 2. The Labute approximate surface area is 111 Å². The zero-order chi connectivity index (χ0) is 13.8. The van der Waals surface area contributed by atoms with Crippen LogP contribution < -0.4 is 14.8 Å². The fourth-order valence-corrected chi connectivity index (χ4v) is 2.55. The largest absolute Gasteiger partial charge is 0.496 e. The molecule has 3 nitrogen and oxygen atoms in total. The third-order valence-electron chi connectivity index (χ3n) is 3.55. The molecule has 1 atom stereocenters. The smallest absolute Gasteiger partial charge is 0.267 e. The number of alkyl halides is 2. The molecular weight excluding hydrogens is 252 g/mol. The molecule has 1 N–H and O–H groups in total. The lowest BCUT2D eigenvalue weighted by Crippen LogP contribution is -2.28. The van der Waals surface area contributed by atoms with Gasteiger partial charge in [-0.15, -0.1) is 0 Å². The Kier molecular flexibility index (Phi) is 4.58. The van der Waals surface area contributed by atoms with E-state index in [0.717, 1.165) is 31.5 Å². The van der Waals surface area contributed by atoms with E-state index in [2.05, 4.69) is 5.32 Å². The van der Waals surface area contributed by atoms with Crippen molar-refractivity contribution < 1.29 is 18.3 Å². The third-order valence-corrected chi connectivity index (χ3v) is 3.55. The van der Waals surface area contributed by atoms with Gasteiger partial charge in [-0.25, -0.2) is 8.78 Å². The summed E-state index contributed by atoms with van der Waals surface area (Å²) in [6, 6.07) is 3.09. The van der Waals surface area contributed by atoms with Crippen molar-refractivity contribution in [2.24, 2.45) is 0 Å². The number of methoxy groups -OCH3 is 2. The Balaban J connectivity index is 2.41. The highest BCUT2D eigenvalue weighted by molar-refractivity contribution is 5.49. The van der Waals surface area contributed by atoms with Gasteiger partial charge in [-0.05, 0) is 31.5 Å². The van der Waals surface area contributed by atoms with E-state index in [1.54, 1.807) is 6.07 Å². The van der Waals surface area contributed by atoms with E-state index in [1.807, 2.05) is 0 Å². The van der Waals surface area contributed by atoms with Gasteiger partial charge in [0, 0.05) is 18.0 Å². The number of piperidine rings is 1. The molecule has 5 heteroatoms. The summed E-state index contributed by atoms with van der Waals surface area (Å²) < 4.78 is 36.3. The predicted octanol–water partition coefficient (Wildman–Crippen LogP) is 3.11. The summed E-state index contributed by atoms with van der Waals surface area (Å²) in [6.07, 6.45) is -0.463. The van der Waals surface area contributed by atoms with Crippen molar-refractivity contribution in [3.63, 3.8) is 0 Å². The fraction of sp³-hybridized carbons (Fsp3) is 0.571. The first-order chi connectivity index (χ1) is 9.17.